The highest BCUT2D eigenvalue weighted by Crippen LogP contribution is 2.36. The minimum Gasteiger partial charge on any atom is -0.357 e. The van der Waals surface area contributed by atoms with Crippen molar-refractivity contribution in [2.45, 2.75) is 50.6 Å². The summed E-state index contributed by atoms with van der Waals surface area (Å²) in [6.45, 7) is 0. The van der Waals surface area contributed by atoms with Gasteiger partial charge in [-0.3, -0.25) is 0 Å². The first kappa shape index (κ1) is 15.5. The van der Waals surface area contributed by atoms with Crippen LogP contribution in [0.3, 0.4) is 0 Å². The van der Waals surface area contributed by atoms with Crippen molar-refractivity contribution >= 4 is 22.5 Å². The lowest BCUT2D eigenvalue weighted by atomic mass is 9.86. The average molecular weight is 351 g/mol. The van der Waals surface area contributed by atoms with E-state index in [4.69, 9.17) is 11.6 Å². The quantitative estimate of drug-likeness (QED) is 0.641. The van der Waals surface area contributed by atoms with Gasteiger partial charge in [-0.1, -0.05) is 35.9 Å². The van der Waals surface area contributed by atoms with Crippen molar-refractivity contribution in [1.82, 2.24) is 10.3 Å². The van der Waals surface area contributed by atoms with Crippen LogP contribution in [0.4, 0.5) is 0 Å². The van der Waals surface area contributed by atoms with Crippen LogP contribution in [0, 0.1) is 0 Å². The molecule has 3 aromatic rings. The number of aryl methyl sites for hydroxylation is 2. The van der Waals surface area contributed by atoms with Crippen molar-refractivity contribution in [1.29, 1.82) is 0 Å². The number of hydrogen-bond donors (Lipinski definition) is 2. The number of rotatable bonds is 2. The maximum atomic E-state index is 6.23. The molecular formula is C22H23ClN2. The van der Waals surface area contributed by atoms with Crippen LogP contribution in [0.5, 0.6) is 0 Å². The van der Waals surface area contributed by atoms with Crippen LogP contribution in [0.2, 0.25) is 5.02 Å². The van der Waals surface area contributed by atoms with E-state index in [0.29, 0.717) is 12.1 Å². The van der Waals surface area contributed by atoms with Crippen molar-refractivity contribution in [3.05, 3.63) is 69.9 Å². The van der Waals surface area contributed by atoms with Gasteiger partial charge < -0.3 is 10.3 Å². The molecule has 2 unspecified atom stereocenters. The zero-order valence-corrected chi connectivity index (χ0v) is 15.1. The van der Waals surface area contributed by atoms with Gasteiger partial charge in [0, 0.05) is 33.7 Å². The Kier molecular flexibility index (Phi) is 3.83. The van der Waals surface area contributed by atoms with E-state index in [2.05, 4.69) is 46.7 Å². The zero-order chi connectivity index (χ0) is 16.8. The number of halogens is 1. The molecular weight excluding hydrogens is 328 g/mol. The van der Waals surface area contributed by atoms with Gasteiger partial charge in [-0.05, 0) is 73.4 Å². The van der Waals surface area contributed by atoms with Gasteiger partial charge in [-0.25, -0.2) is 0 Å². The minimum atomic E-state index is 0.435. The molecule has 2 aliphatic carbocycles. The molecule has 0 bridgehead atoms. The lowest BCUT2D eigenvalue weighted by molar-refractivity contribution is 0.364. The Balaban J connectivity index is 1.42. The second-order valence-corrected chi connectivity index (χ2v) is 7.96. The van der Waals surface area contributed by atoms with E-state index in [0.717, 1.165) is 17.9 Å². The molecule has 2 aliphatic rings. The third-order valence-corrected chi connectivity index (χ3v) is 6.19. The fourth-order valence-electron chi connectivity index (χ4n) is 4.73. The molecule has 0 fully saturated rings. The molecule has 128 valence electrons. The van der Waals surface area contributed by atoms with E-state index in [9.17, 15) is 0 Å². The normalized spacial score (nSPS) is 22.6. The summed E-state index contributed by atoms with van der Waals surface area (Å²) in [5, 5.41) is 6.10. The molecule has 2 aromatic carbocycles. The van der Waals surface area contributed by atoms with Gasteiger partial charge in [-0.2, -0.15) is 0 Å². The van der Waals surface area contributed by atoms with E-state index in [-0.39, 0.29) is 0 Å². The fourth-order valence-corrected chi connectivity index (χ4v) is 4.90. The molecule has 3 heteroatoms. The average Bonchev–Trinajstić information content (AvgIpc) is 3.01. The highest BCUT2D eigenvalue weighted by molar-refractivity contribution is 6.31. The maximum Gasteiger partial charge on any atom is 0.0478 e. The molecule has 5 rings (SSSR count). The number of nitrogens with one attached hydrogen (secondary N) is 2. The summed E-state index contributed by atoms with van der Waals surface area (Å²) in [6, 6.07) is 16.1. The van der Waals surface area contributed by atoms with Crippen LogP contribution >= 0.6 is 11.6 Å². The molecule has 0 radical (unpaired) electrons. The Morgan fingerprint density at radius 1 is 1.00 bits per heavy atom. The summed E-state index contributed by atoms with van der Waals surface area (Å²) in [6.07, 6.45) is 7.18. The van der Waals surface area contributed by atoms with E-state index in [1.54, 1.807) is 0 Å². The summed E-state index contributed by atoms with van der Waals surface area (Å²) >= 11 is 6.23. The van der Waals surface area contributed by atoms with Gasteiger partial charge in [0.15, 0.2) is 0 Å². The van der Waals surface area contributed by atoms with Gasteiger partial charge in [0.05, 0.1) is 0 Å². The van der Waals surface area contributed by atoms with Crippen LogP contribution in [-0.2, 0) is 19.3 Å². The van der Waals surface area contributed by atoms with E-state index < -0.39 is 0 Å². The van der Waals surface area contributed by atoms with Crippen molar-refractivity contribution in [3.8, 4) is 0 Å². The van der Waals surface area contributed by atoms with Crippen LogP contribution in [0.1, 0.15) is 47.7 Å². The SMILES string of the molecule is Clc1ccc2[nH]c3c(c2c1)CCCC3NC1CCc2ccccc2C1. The lowest BCUT2D eigenvalue weighted by Gasteiger charge is -2.32. The van der Waals surface area contributed by atoms with Crippen LogP contribution in [0.15, 0.2) is 42.5 Å². The number of fused-ring (bicyclic) bond motifs is 4. The van der Waals surface area contributed by atoms with Gasteiger partial charge in [0.2, 0.25) is 0 Å². The standard InChI is InChI=1S/C22H23ClN2/c23-16-9-11-20-19(13-16)18-6-3-7-21(22(18)25-20)24-17-10-8-14-4-1-2-5-15(14)12-17/h1-2,4-5,9,11,13,17,21,24-25H,3,6-8,10,12H2. The smallest absolute Gasteiger partial charge is 0.0478 e. The monoisotopic (exact) mass is 350 g/mol. The molecule has 0 aliphatic heterocycles. The summed E-state index contributed by atoms with van der Waals surface area (Å²) in [5.41, 5.74) is 7.13. The Morgan fingerprint density at radius 3 is 2.80 bits per heavy atom. The van der Waals surface area contributed by atoms with Crippen molar-refractivity contribution in [2.24, 2.45) is 0 Å². The van der Waals surface area contributed by atoms with E-state index in [1.165, 1.54) is 59.0 Å². The molecule has 0 amide bonds. The number of benzene rings is 2. The predicted molar refractivity (Wildman–Crippen MR) is 104 cm³/mol. The van der Waals surface area contributed by atoms with Crippen LogP contribution < -0.4 is 5.32 Å². The molecule has 1 heterocycles. The largest absolute Gasteiger partial charge is 0.357 e. The number of aromatic amines is 1. The third-order valence-electron chi connectivity index (χ3n) is 5.95. The molecule has 1 aromatic heterocycles. The Labute approximate surface area is 153 Å². The minimum absolute atomic E-state index is 0.435. The summed E-state index contributed by atoms with van der Waals surface area (Å²) in [5.74, 6) is 0. The molecule has 2 N–H and O–H groups in total. The Morgan fingerprint density at radius 2 is 1.88 bits per heavy atom. The van der Waals surface area contributed by atoms with E-state index >= 15 is 0 Å². The third kappa shape index (κ3) is 2.78. The summed E-state index contributed by atoms with van der Waals surface area (Å²) in [4.78, 5) is 3.68. The van der Waals surface area contributed by atoms with Crippen LogP contribution in [0.25, 0.3) is 10.9 Å². The Bertz CT molecular complexity index is 927. The zero-order valence-electron chi connectivity index (χ0n) is 14.3. The molecule has 0 saturated heterocycles. The van der Waals surface area contributed by atoms with Gasteiger partial charge >= 0.3 is 0 Å². The fraction of sp³-hybridized carbons (Fsp3) is 0.364. The molecule has 25 heavy (non-hydrogen) atoms. The van der Waals surface area contributed by atoms with Crippen molar-refractivity contribution < 1.29 is 0 Å². The first-order valence-corrected chi connectivity index (χ1v) is 9.78. The number of aromatic nitrogens is 1. The van der Waals surface area contributed by atoms with Gasteiger partial charge in [-0.15, -0.1) is 0 Å². The maximum absolute atomic E-state index is 6.23. The molecule has 0 spiro atoms. The first-order valence-electron chi connectivity index (χ1n) is 9.41. The summed E-state index contributed by atoms with van der Waals surface area (Å²) < 4.78 is 0. The highest BCUT2D eigenvalue weighted by Gasteiger charge is 2.27. The first-order chi connectivity index (χ1) is 12.3. The highest BCUT2D eigenvalue weighted by atomic mass is 35.5. The predicted octanol–water partition coefficient (Wildman–Crippen LogP) is 5.35. The second kappa shape index (κ2) is 6.19. The van der Waals surface area contributed by atoms with Crippen LogP contribution in [-0.4, -0.2) is 11.0 Å². The van der Waals surface area contributed by atoms with Crippen molar-refractivity contribution in [2.75, 3.05) is 0 Å². The molecule has 0 saturated carbocycles. The summed E-state index contributed by atoms with van der Waals surface area (Å²) in [7, 11) is 0. The second-order valence-electron chi connectivity index (χ2n) is 7.53. The Hall–Kier alpha value is -1.77. The van der Waals surface area contributed by atoms with E-state index in [1.807, 2.05) is 6.07 Å². The molecule has 2 nitrogen and oxygen atoms in total. The number of hydrogen-bond acceptors (Lipinski definition) is 1. The lowest BCUT2D eigenvalue weighted by Crippen LogP contribution is -2.38. The van der Waals surface area contributed by atoms with Gasteiger partial charge in [0.1, 0.15) is 0 Å². The topological polar surface area (TPSA) is 27.8 Å². The van der Waals surface area contributed by atoms with Gasteiger partial charge in [0.25, 0.3) is 0 Å². The number of H-pyrrole nitrogens is 1. The molecule has 2 atom stereocenters. The van der Waals surface area contributed by atoms with Crippen molar-refractivity contribution in [3.63, 3.8) is 0 Å².